The molecule has 5 nitrogen and oxygen atoms in total. The van der Waals surface area contributed by atoms with Gasteiger partial charge >= 0.3 is 0 Å². The van der Waals surface area contributed by atoms with Crippen LogP contribution in [0.1, 0.15) is 23.1 Å². The van der Waals surface area contributed by atoms with E-state index in [9.17, 15) is 0 Å². The molecular formula is C20H32N4OS. The number of nitrogens with zero attached hydrogens (tertiary/aromatic N) is 2. The topological polar surface area (TPSA) is 48.9 Å². The minimum absolute atomic E-state index is 0.228. The van der Waals surface area contributed by atoms with Gasteiger partial charge in [-0.3, -0.25) is 9.89 Å². The number of hydrogen-bond acceptors (Lipinski definition) is 4. The molecule has 2 saturated heterocycles. The molecule has 2 fully saturated rings. The zero-order chi connectivity index (χ0) is 18.4. The van der Waals surface area contributed by atoms with E-state index in [4.69, 9.17) is 4.74 Å². The maximum atomic E-state index is 5.55. The zero-order valence-corrected chi connectivity index (χ0v) is 17.1. The molecule has 0 aliphatic carbocycles. The van der Waals surface area contributed by atoms with Crippen molar-refractivity contribution in [3.63, 3.8) is 0 Å². The summed E-state index contributed by atoms with van der Waals surface area (Å²) in [6.45, 7) is 9.82. The van der Waals surface area contributed by atoms with E-state index >= 15 is 0 Å². The fraction of sp³-hybridized carbons (Fsp3) is 0.650. The highest BCUT2D eigenvalue weighted by atomic mass is 32.2. The van der Waals surface area contributed by atoms with Crippen LogP contribution in [-0.4, -0.2) is 67.8 Å². The first kappa shape index (κ1) is 19.5. The van der Waals surface area contributed by atoms with Crippen LogP contribution in [0.3, 0.4) is 0 Å². The molecule has 0 bridgehead atoms. The Kier molecular flexibility index (Phi) is 6.84. The maximum Gasteiger partial charge on any atom is 0.191 e. The first-order chi connectivity index (χ1) is 12.6. The van der Waals surface area contributed by atoms with E-state index in [1.54, 1.807) is 0 Å². The van der Waals surface area contributed by atoms with Gasteiger partial charge in [-0.2, -0.15) is 11.8 Å². The first-order valence-corrected chi connectivity index (χ1v) is 10.7. The minimum Gasteiger partial charge on any atom is -0.379 e. The van der Waals surface area contributed by atoms with Crippen molar-refractivity contribution in [2.24, 2.45) is 4.99 Å². The number of ether oxygens (including phenoxy) is 1. The fourth-order valence-electron chi connectivity index (χ4n) is 3.83. The van der Waals surface area contributed by atoms with Crippen LogP contribution in [-0.2, 0) is 11.3 Å². The van der Waals surface area contributed by atoms with Gasteiger partial charge in [0, 0.05) is 44.5 Å². The molecular weight excluding hydrogens is 344 g/mol. The lowest BCUT2D eigenvalue weighted by atomic mass is 9.95. The Labute approximate surface area is 162 Å². The second kappa shape index (κ2) is 9.11. The molecule has 1 atom stereocenters. The highest BCUT2D eigenvalue weighted by molar-refractivity contribution is 7.99. The van der Waals surface area contributed by atoms with Crippen molar-refractivity contribution in [3.8, 4) is 0 Å². The van der Waals surface area contributed by atoms with Gasteiger partial charge < -0.3 is 15.4 Å². The summed E-state index contributed by atoms with van der Waals surface area (Å²) < 4.78 is 5.55. The predicted octanol–water partition coefficient (Wildman–Crippen LogP) is 2.18. The van der Waals surface area contributed by atoms with Crippen molar-refractivity contribution in [2.45, 2.75) is 32.4 Å². The highest BCUT2D eigenvalue weighted by Gasteiger charge is 2.40. The highest BCUT2D eigenvalue weighted by Crippen LogP contribution is 2.33. The van der Waals surface area contributed by atoms with Gasteiger partial charge in [0.05, 0.1) is 13.2 Å². The fourth-order valence-corrected chi connectivity index (χ4v) is 5.30. The van der Waals surface area contributed by atoms with Crippen molar-refractivity contribution in [3.05, 3.63) is 34.9 Å². The van der Waals surface area contributed by atoms with Gasteiger partial charge in [-0.05, 0) is 37.1 Å². The maximum absolute atomic E-state index is 5.55. The summed E-state index contributed by atoms with van der Waals surface area (Å²) in [5.41, 5.74) is 4.18. The smallest absolute Gasteiger partial charge is 0.191 e. The van der Waals surface area contributed by atoms with Crippen LogP contribution in [0.25, 0.3) is 0 Å². The van der Waals surface area contributed by atoms with Crippen molar-refractivity contribution < 1.29 is 4.74 Å². The Hall–Kier alpha value is -1.24. The Bertz CT molecular complexity index is 622. The van der Waals surface area contributed by atoms with Crippen LogP contribution in [0.2, 0.25) is 0 Å². The summed E-state index contributed by atoms with van der Waals surface area (Å²) in [7, 11) is 1.85. The standard InChI is InChI=1S/C20H32N4OS/c1-16-4-5-18(17(2)12-16)13-22-19(21-3)23-14-20(6-11-26-15-20)24-7-9-25-10-8-24/h4-5,12H,6-11,13-15H2,1-3H3,(H2,21,22,23). The molecule has 144 valence electrons. The van der Waals surface area contributed by atoms with Crippen molar-refractivity contribution in [1.29, 1.82) is 0 Å². The van der Waals surface area contributed by atoms with Gasteiger partial charge in [0.1, 0.15) is 0 Å². The zero-order valence-electron chi connectivity index (χ0n) is 16.3. The molecule has 0 aromatic heterocycles. The molecule has 0 saturated carbocycles. The third kappa shape index (κ3) is 4.72. The molecule has 0 radical (unpaired) electrons. The van der Waals surface area contributed by atoms with Crippen LogP contribution in [0, 0.1) is 13.8 Å². The number of nitrogens with one attached hydrogen (secondary N) is 2. The van der Waals surface area contributed by atoms with E-state index in [0.717, 1.165) is 45.4 Å². The molecule has 6 heteroatoms. The molecule has 26 heavy (non-hydrogen) atoms. The number of benzene rings is 1. The summed E-state index contributed by atoms with van der Waals surface area (Å²) in [4.78, 5) is 7.06. The molecule has 3 rings (SSSR count). The van der Waals surface area contributed by atoms with Gasteiger partial charge in [0.15, 0.2) is 5.96 Å². The number of morpholine rings is 1. The van der Waals surface area contributed by atoms with Crippen LogP contribution < -0.4 is 10.6 Å². The lowest BCUT2D eigenvalue weighted by Crippen LogP contribution is -2.60. The molecule has 0 amide bonds. The Morgan fingerprint density at radius 1 is 1.27 bits per heavy atom. The Morgan fingerprint density at radius 2 is 2.08 bits per heavy atom. The number of aryl methyl sites for hydroxylation is 2. The number of rotatable bonds is 5. The van der Waals surface area contributed by atoms with Crippen molar-refractivity contribution >= 4 is 17.7 Å². The summed E-state index contributed by atoms with van der Waals surface area (Å²) in [5, 5.41) is 7.07. The average molecular weight is 377 g/mol. The molecule has 2 heterocycles. The number of hydrogen-bond donors (Lipinski definition) is 2. The molecule has 0 spiro atoms. The van der Waals surface area contributed by atoms with E-state index in [1.807, 2.05) is 7.05 Å². The van der Waals surface area contributed by atoms with Gasteiger partial charge in [0.2, 0.25) is 0 Å². The molecule has 2 aliphatic rings. The molecule has 1 unspecified atom stereocenters. The van der Waals surface area contributed by atoms with E-state index in [2.05, 4.69) is 64.3 Å². The Morgan fingerprint density at radius 3 is 2.73 bits per heavy atom. The van der Waals surface area contributed by atoms with E-state index < -0.39 is 0 Å². The second-order valence-electron chi connectivity index (χ2n) is 7.34. The van der Waals surface area contributed by atoms with E-state index in [1.165, 1.54) is 34.6 Å². The quantitative estimate of drug-likeness (QED) is 0.609. The summed E-state index contributed by atoms with van der Waals surface area (Å²) >= 11 is 2.06. The molecule has 2 aliphatic heterocycles. The van der Waals surface area contributed by atoms with Gasteiger partial charge in [-0.15, -0.1) is 0 Å². The van der Waals surface area contributed by atoms with Gasteiger partial charge in [-0.25, -0.2) is 0 Å². The lowest BCUT2D eigenvalue weighted by Gasteiger charge is -2.43. The summed E-state index contributed by atoms with van der Waals surface area (Å²) in [5.74, 6) is 3.32. The Balaban J connectivity index is 1.57. The van der Waals surface area contributed by atoms with Gasteiger partial charge in [0.25, 0.3) is 0 Å². The van der Waals surface area contributed by atoms with Crippen LogP contribution in [0.4, 0.5) is 0 Å². The third-order valence-electron chi connectivity index (χ3n) is 5.52. The largest absolute Gasteiger partial charge is 0.379 e. The first-order valence-electron chi connectivity index (χ1n) is 9.54. The number of guanidine groups is 1. The van der Waals surface area contributed by atoms with Crippen LogP contribution in [0.15, 0.2) is 23.2 Å². The van der Waals surface area contributed by atoms with E-state index in [-0.39, 0.29) is 5.54 Å². The van der Waals surface area contributed by atoms with Crippen LogP contribution >= 0.6 is 11.8 Å². The normalized spacial score (nSPS) is 24.7. The number of aliphatic imine (C=N–C) groups is 1. The summed E-state index contributed by atoms with van der Waals surface area (Å²) in [6.07, 6.45) is 1.23. The minimum atomic E-state index is 0.228. The molecule has 2 N–H and O–H groups in total. The molecule has 1 aromatic rings. The van der Waals surface area contributed by atoms with Crippen LogP contribution in [0.5, 0.6) is 0 Å². The number of thioether (sulfide) groups is 1. The summed E-state index contributed by atoms with van der Waals surface area (Å²) in [6, 6.07) is 6.60. The second-order valence-corrected chi connectivity index (χ2v) is 8.44. The third-order valence-corrected chi connectivity index (χ3v) is 6.75. The lowest BCUT2D eigenvalue weighted by molar-refractivity contribution is -0.0120. The molecule has 1 aromatic carbocycles. The van der Waals surface area contributed by atoms with Crippen molar-refractivity contribution in [1.82, 2.24) is 15.5 Å². The predicted molar refractivity (Wildman–Crippen MR) is 111 cm³/mol. The monoisotopic (exact) mass is 376 g/mol. The average Bonchev–Trinajstić information content (AvgIpc) is 3.14. The van der Waals surface area contributed by atoms with Gasteiger partial charge in [-0.1, -0.05) is 23.8 Å². The SMILES string of the molecule is CN=C(NCc1ccc(C)cc1C)NCC1(N2CCOCC2)CCSC1. The van der Waals surface area contributed by atoms with Crippen molar-refractivity contribution in [2.75, 3.05) is 51.4 Å². The van der Waals surface area contributed by atoms with E-state index in [0.29, 0.717) is 0 Å².